The largest absolute Gasteiger partial charge is 0.302 e. The summed E-state index contributed by atoms with van der Waals surface area (Å²) >= 11 is 9.12. The van der Waals surface area contributed by atoms with Crippen molar-refractivity contribution >= 4 is 56.6 Å². The summed E-state index contributed by atoms with van der Waals surface area (Å²) in [5.41, 5.74) is 1.83. The maximum atomic E-state index is 11.0. The van der Waals surface area contributed by atoms with Crippen LogP contribution < -0.4 is 5.32 Å². The number of nitrogens with zero attached hydrogens (tertiary/aromatic N) is 2. The molecule has 0 radical (unpaired) electrons. The number of thiazole rings is 1. The number of hydrogen-bond donors (Lipinski definition) is 1. The summed E-state index contributed by atoms with van der Waals surface area (Å²) in [6.45, 7) is 1.48. The van der Waals surface area contributed by atoms with Crippen LogP contribution >= 0.6 is 34.7 Å². The molecular formula is C15H12ClN3OS2. The van der Waals surface area contributed by atoms with Crippen molar-refractivity contribution in [3.63, 3.8) is 0 Å². The van der Waals surface area contributed by atoms with Crippen molar-refractivity contribution in [1.82, 2.24) is 9.97 Å². The summed E-state index contributed by atoms with van der Waals surface area (Å²) in [4.78, 5) is 20.9. The Morgan fingerprint density at radius 3 is 3.09 bits per heavy atom. The zero-order valence-electron chi connectivity index (χ0n) is 11.7. The lowest BCUT2D eigenvalue weighted by Gasteiger charge is -2.05. The molecule has 0 bridgehead atoms. The molecule has 4 nitrogen and oxygen atoms in total. The average molecular weight is 350 g/mol. The van der Waals surface area contributed by atoms with Crippen LogP contribution in [0.25, 0.3) is 10.9 Å². The van der Waals surface area contributed by atoms with Crippen LogP contribution in [-0.2, 0) is 10.5 Å². The number of hydrogen-bond acceptors (Lipinski definition) is 5. The van der Waals surface area contributed by atoms with Gasteiger partial charge < -0.3 is 5.32 Å². The van der Waals surface area contributed by atoms with Crippen LogP contribution in [0.15, 0.2) is 40.7 Å². The minimum atomic E-state index is -0.106. The van der Waals surface area contributed by atoms with Crippen molar-refractivity contribution < 1.29 is 4.79 Å². The first kappa shape index (κ1) is 15.3. The molecule has 0 spiro atoms. The number of benzene rings is 1. The predicted octanol–water partition coefficient (Wildman–Crippen LogP) is 4.60. The fourth-order valence-electron chi connectivity index (χ4n) is 1.95. The molecule has 0 fully saturated rings. The molecule has 2 heterocycles. The Morgan fingerprint density at radius 1 is 1.41 bits per heavy atom. The highest BCUT2D eigenvalue weighted by Crippen LogP contribution is 2.31. The molecule has 1 N–H and O–H groups in total. The lowest BCUT2D eigenvalue weighted by atomic mass is 10.2. The summed E-state index contributed by atoms with van der Waals surface area (Å²) < 4.78 is 0. The lowest BCUT2D eigenvalue weighted by Crippen LogP contribution is -2.05. The maximum absolute atomic E-state index is 11.0. The van der Waals surface area contributed by atoms with Crippen molar-refractivity contribution in [3.05, 3.63) is 46.6 Å². The first-order valence-electron chi connectivity index (χ1n) is 6.51. The van der Waals surface area contributed by atoms with E-state index in [1.807, 2.05) is 29.6 Å². The first-order valence-corrected chi connectivity index (χ1v) is 8.75. The van der Waals surface area contributed by atoms with Gasteiger partial charge in [0.05, 0.1) is 11.2 Å². The Morgan fingerprint density at radius 2 is 2.27 bits per heavy atom. The van der Waals surface area contributed by atoms with Crippen molar-refractivity contribution in [2.45, 2.75) is 17.6 Å². The average Bonchev–Trinajstić information content (AvgIpc) is 2.91. The molecule has 0 atom stereocenters. The van der Waals surface area contributed by atoms with E-state index in [1.54, 1.807) is 18.0 Å². The van der Waals surface area contributed by atoms with E-state index in [4.69, 9.17) is 11.6 Å². The minimum Gasteiger partial charge on any atom is -0.302 e. The number of pyridine rings is 1. The fourth-order valence-corrected chi connectivity index (χ4v) is 3.92. The Kier molecular flexibility index (Phi) is 4.61. The van der Waals surface area contributed by atoms with Crippen LogP contribution in [0.1, 0.15) is 12.6 Å². The van der Waals surface area contributed by atoms with E-state index >= 15 is 0 Å². The second-order valence-electron chi connectivity index (χ2n) is 4.58. The van der Waals surface area contributed by atoms with Crippen LogP contribution in [0, 0.1) is 0 Å². The number of thioether (sulfide) groups is 1. The third kappa shape index (κ3) is 3.58. The number of halogens is 1. The van der Waals surface area contributed by atoms with Crippen LogP contribution in [0.2, 0.25) is 5.02 Å². The van der Waals surface area contributed by atoms with E-state index in [0.29, 0.717) is 10.2 Å². The Labute approximate surface area is 140 Å². The number of aromatic nitrogens is 2. The number of anilines is 1. The second kappa shape index (κ2) is 6.64. The van der Waals surface area contributed by atoms with E-state index in [0.717, 1.165) is 27.2 Å². The summed E-state index contributed by atoms with van der Waals surface area (Å²) in [7, 11) is 0. The third-order valence-electron chi connectivity index (χ3n) is 2.88. The van der Waals surface area contributed by atoms with Gasteiger partial charge in [-0.05, 0) is 18.2 Å². The normalized spacial score (nSPS) is 10.8. The molecule has 0 aliphatic heterocycles. The fraction of sp³-hybridized carbons (Fsp3) is 0.133. The topological polar surface area (TPSA) is 54.9 Å². The van der Waals surface area contributed by atoms with Crippen LogP contribution in [0.3, 0.4) is 0 Å². The zero-order chi connectivity index (χ0) is 15.5. The molecule has 2 aromatic heterocycles. The summed E-state index contributed by atoms with van der Waals surface area (Å²) in [5, 5.41) is 7.04. The van der Waals surface area contributed by atoms with E-state index in [9.17, 15) is 4.79 Å². The third-order valence-corrected chi connectivity index (χ3v) is 5.02. The molecule has 0 unspecified atom stereocenters. The van der Waals surface area contributed by atoms with Crippen LogP contribution in [0.5, 0.6) is 0 Å². The van der Waals surface area contributed by atoms with Crippen molar-refractivity contribution in [2.75, 3.05) is 5.32 Å². The maximum Gasteiger partial charge on any atom is 0.223 e. The smallest absolute Gasteiger partial charge is 0.223 e. The van der Waals surface area contributed by atoms with Gasteiger partial charge in [-0.2, -0.15) is 0 Å². The molecule has 0 aliphatic carbocycles. The highest BCUT2D eigenvalue weighted by Gasteiger charge is 2.07. The molecule has 3 aromatic rings. The monoisotopic (exact) mass is 349 g/mol. The number of carbonyl (C=O) groups excluding carboxylic acids is 1. The van der Waals surface area contributed by atoms with Gasteiger partial charge in [0.15, 0.2) is 5.13 Å². The van der Waals surface area contributed by atoms with Gasteiger partial charge in [-0.25, -0.2) is 4.98 Å². The number of nitrogens with one attached hydrogen (secondary N) is 1. The molecule has 0 saturated heterocycles. The van der Waals surface area contributed by atoms with E-state index in [-0.39, 0.29) is 5.91 Å². The molecular weight excluding hydrogens is 338 g/mol. The van der Waals surface area contributed by atoms with Crippen LogP contribution in [0.4, 0.5) is 5.13 Å². The number of carbonyl (C=O) groups is 1. The first-order chi connectivity index (χ1) is 10.6. The Bertz CT molecular complexity index is 835. The van der Waals surface area contributed by atoms with Gasteiger partial charge in [0, 0.05) is 39.6 Å². The van der Waals surface area contributed by atoms with Gasteiger partial charge in [0.1, 0.15) is 0 Å². The molecule has 1 aromatic carbocycles. The molecule has 3 rings (SSSR count). The van der Waals surface area contributed by atoms with Crippen molar-refractivity contribution in [3.8, 4) is 0 Å². The number of amides is 1. The molecule has 1 amide bonds. The standard InChI is InChI=1S/C15H12ClN3OS2/c1-9(20)18-15-19-11(8-22-15)7-21-14-4-5-17-13-6-10(16)2-3-12(13)14/h2-6,8H,7H2,1H3,(H,18,19,20). The van der Waals surface area contributed by atoms with Crippen molar-refractivity contribution in [1.29, 1.82) is 0 Å². The molecule has 112 valence electrons. The van der Waals surface area contributed by atoms with Gasteiger partial charge in [-0.15, -0.1) is 23.1 Å². The van der Waals surface area contributed by atoms with E-state index in [2.05, 4.69) is 15.3 Å². The van der Waals surface area contributed by atoms with Gasteiger partial charge in [0.2, 0.25) is 5.91 Å². The Hall–Kier alpha value is -1.63. The molecule has 22 heavy (non-hydrogen) atoms. The van der Waals surface area contributed by atoms with Gasteiger partial charge >= 0.3 is 0 Å². The zero-order valence-corrected chi connectivity index (χ0v) is 14.1. The molecule has 0 aliphatic rings. The second-order valence-corrected chi connectivity index (χ2v) is 6.90. The van der Waals surface area contributed by atoms with Gasteiger partial charge in [0.25, 0.3) is 0 Å². The minimum absolute atomic E-state index is 0.106. The summed E-state index contributed by atoms with van der Waals surface area (Å²) in [6.07, 6.45) is 1.78. The van der Waals surface area contributed by atoms with Gasteiger partial charge in [-0.1, -0.05) is 17.7 Å². The predicted molar refractivity (Wildman–Crippen MR) is 92.7 cm³/mol. The number of rotatable bonds is 4. The SMILES string of the molecule is CC(=O)Nc1nc(CSc2ccnc3cc(Cl)ccc23)cs1. The summed E-state index contributed by atoms with van der Waals surface area (Å²) in [5.74, 6) is 0.628. The number of fused-ring (bicyclic) bond motifs is 1. The molecule has 7 heteroatoms. The quantitative estimate of drug-likeness (QED) is 0.699. The highest BCUT2D eigenvalue weighted by atomic mass is 35.5. The van der Waals surface area contributed by atoms with Crippen LogP contribution in [-0.4, -0.2) is 15.9 Å². The lowest BCUT2D eigenvalue weighted by molar-refractivity contribution is -0.114. The summed E-state index contributed by atoms with van der Waals surface area (Å²) in [6, 6.07) is 7.70. The highest BCUT2D eigenvalue weighted by molar-refractivity contribution is 7.98. The van der Waals surface area contributed by atoms with E-state index < -0.39 is 0 Å². The van der Waals surface area contributed by atoms with E-state index in [1.165, 1.54) is 18.3 Å². The molecule has 0 saturated carbocycles. The van der Waals surface area contributed by atoms with Crippen molar-refractivity contribution in [2.24, 2.45) is 0 Å². The Balaban J connectivity index is 1.76. The van der Waals surface area contributed by atoms with Gasteiger partial charge in [-0.3, -0.25) is 9.78 Å².